The molecule has 0 radical (unpaired) electrons. The number of halogens is 1. The lowest BCUT2D eigenvalue weighted by atomic mass is 10.2. The van der Waals surface area contributed by atoms with E-state index in [0.717, 1.165) is 12.1 Å². The van der Waals surface area contributed by atoms with Crippen molar-refractivity contribution in [2.45, 2.75) is 23.5 Å². The third-order valence-corrected chi connectivity index (χ3v) is 5.25. The lowest BCUT2D eigenvalue weighted by molar-refractivity contribution is 0.0696. The summed E-state index contributed by atoms with van der Waals surface area (Å²) >= 11 is 1.61. The van der Waals surface area contributed by atoms with Gasteiger partial charge in [0.15, 0.2) is 0 Å². The van der Waals surface area contributed by atoms with Gasteiger partial charge in [-0.25, -0.2) is 22.3 Å². The van der Waals surface area contributed by atoms with Crippen LogP contribution < -0.4 is 4.72 Å². The molecule has 0 aromatic heterocycles. The molecule has 0 fully saturated rings. The highest BCUT2D eigenvalue weighted by Gasteiger charge is 2.20. The number of nitrogens with one attached hydrogen (secondary N) is 1. The highest BCUT2D eigenvalue weighted by molar-refractivity contribution is 7.99. The highest BCUT2D eigenvalue weighted by atomic mass is 32.2. The molecule has 112 valence electrons. The normalized spacial score (nSPS) is 13.2. The summed E-state index contributed by atoms with van der Waals surface area (Å²) in [4.78, 5) is 10.1. The third-order valence-electron chi connectivity index (χ3n) is 2.71. The molecular formula is C12H16FNO4S2. The fraction of sp³-hybridized carbons (Fsp3) is 0.417. The topological polar surface area (TPSA) is 83.5 Å². The second-order valence-corrected chi connectivity index (χ2v) is 7.19. The maximum Gasteiger partial charge on any atom is 0.335 e. The number of carbonyl (C=O) groups is 1. The molecule has 1 unspecified atom stereocenters. The first-order chi connectivity index (χ1) is 9.27. The molecule has 0 aliphatic rings. The largest absolute Gasteiger partial charge is 0.478 e. The summed E-state index contributed by atoms with van der Waals surface area (Å²) in [5.74, 6) is -2.38. The maximum atomic E-state index is 13.7. The van der Waals surface area contributed by atoms with Crippen molar-refractivity contribution >= 4 is 27.8 Å². The van der Waals surface area contributed by atoms with E-state index in [4.69, 9.17) is 5.11 Å². The van der Waals surface area contributed by atoms with E-state index in [0.29, 0.717) is 12.5 Å². The molecule has 0 spiro atoms. The lowest BCUT2D eigenvalue weighted by Crippen LogP contribution is -2.27. The second-order valence-electron chi connectivity index (χ2n) is 4.18. The molecule has 8 heteroatoms. The molecule has 2 N–H and O–H groups in total. The third kappa shape index (κ3) is 4.46. The summed E-state index contributed by atoms with van der Waals surface area (Å²) < 4.78 is 39.8. The molecule has 1 aromatic carbocycles. The SMILES string of the molecule is CSC(C)CCNS(=O)(=O)c1ccc(C(=O)O)cc1F. The zero-order valence-corrected chi connectivity index (χ0v) is 12.7. The van der Waals surface area contributed by atoms with E-state index < -0.39 is 26.7 Å². The summed E-state index contributed by atoms with van der Waals surface area (Å²) in [6, 6.07) is 2.71. The quantitative estimate of drug-likeness (QED) is 0.802. The number of carboxylic acid groups (broad SMARTS) is 1. The van der Waals surface area contributed by atoms with Gasteiger partial charge in [0.25, 0.3) is 0 Å². The number of sulfonamides is 1. The van der Waals surface area contributed by atoms with E-state index in [-0.39, 0.29) is 17.4 Å². The molecule has 20 heavy (non-hydrogen) atoms. The van der Waals surface area contributed by atoms with E-state index in [9.17, 15) is 17.6 Å². The van der Waals surface area contributed by atoms with Crippen molar-refractivity contribution in [3.63, 3.8) is 0 Å². The average molecular weight is 321 g/mol. The highest BCUT2D eigenvalue weighted by Crippen LogP contribution is 2.16. The molecule has 0 amide bonds. The van der Waals surface area contributed by atoms with Crippen LogP contribution in [0.15, 0.2) is 23.1 Å². The molecule has 5 nitrogen and oxygen atoms in total. The van der Waals surface area contributed by atoms with Gasteiger partial charge in [-0.2, -0.15) is 11.8 Å². The van der Waals surface area contributed by atoms with Crippen molar-refractivity contribution in [3.8, 4) is 0 Å². The lowest BCUT2D eigenvalue weighted by Gasteiger charge is -2.10. The Balaban J connectivity index is 2.85. The van der Waals surface area contributed by atoms with Crippen molar-refractivity contribution in [1.29, 1.82) is 0 Å². The second kappa shape index (κ2) is 7.05. The Labute approximate surface area is 121 Å². The average Bonchev–Trinajstić information content (AvgIpc) is 2.37. The van der Waals surface area contributed by atoms with E-state index in [1.54, 1.807) is 11.8 Å². The van der Waals surface area contributed by atoms with Crippen molar-refractivity contribution in [2.75, 3.05) is 12.8 Å². The van der Waals surface area contributed by atoms with E-state index >= 15 is 0 Å². The number of hydrogen-bond donors (Lipinski definition) is 2. The number of carboxylic acids is 1. The molecular weight excluding hydrogens is 305 g/mol. The van der Waals surface area contributed by atoms with E-state index in [2.05, 4.69) is 4.72 Å². The Morgan fingerprint density at radius 2 is 2.15 bits per heavy atom. The molecule has 0 bridgehead atoms. The summed E-state index contributed by atoms with van der Waals surface area (Å²) in [6.07, 6.45) is 2.54. The van der Waals surface area contributed by atoms with Gasteiger partial charge in [0.05, 0.1) is 5.56 Å². The van der Waals surface area contributed by atoms with Gasteiger partial charge in [0, 0.05) is 11.8 Å². The van der Waals surface area contributed by atoms with E-state index in [1.807, 2.05) is 13.2 Å². The van der Waals surface area contributed by atoms with Crippen LogP contribution in [0, 0.1) is 5.82 Å². The number of hydrogen-bond acceptors (Lipinski definition) is 4. The van der Waals surface area contributed by atoms with Gasteiger partial charge >= 0.3 is 5.97 Å². The number of thioether (sulfide) groups is 1. The molecule has 0 saturated carbocycles. The Bertz CT molecular complexity index is 589. The van der Waals surface area contributed by atoms with Crippen LogP contribution in [0.2, 0.25) is 0 Å². The first kappa shape index (κ1) is 16.9. The molecule has 1 atom stereocenters. The Morgan fingerprint density at radius 3 is 2.65 bits per heavy atom. The van der Waals surface area contributed by atoms with Gasteiger partial charge in [-0.1, -0.05) is 6.92 Å². The first-order valence-electron chi connectivity index (χ1n) is 5.83. The van der Waals surface area contributed by atoms with Crippen LogP contribution in [0.5, 0.6) is 0 Å². The summed E-state index contributed by atoms with van der Waals surface area (Å²) in [6.45, 7) is 2.16. The zero-order chi connectivity index (χ0) is 15.3. The molecule has 0 aliphatic carbocycles. The molecule has 1 rings (SSSR count). The first-order valence-corrected chi connectivity index (χ1v) is 8.60. The standard InChI is InChI=1S/C12H16FNO4S2/c1-8(19-2)5-6-14-20(17,18)11-4-3-9(12(15)16)7-10(11)13/h3-4,7-8,14H,5-6H2,1-2H3,(H,15,16). The van der Waals surface area contributed by atoms with Crippen LogP contribution in [0.4, 0.5) is 4.39 Å². The predicted octanol–water partition coefficient (Wildman–Crippen LogP) is 1.94. The minimum atomic E-state index is -3.96. The predicted molar refractivity (Wildman–Crippen MR) is 76.1 cm³/mol. The van der Waals surface area contributed by atoms with Crippen molar-refractivity contribution < 1.29 is 22.7 Å². The van der Waals surface area contributed by atoms with Crippen LogP contribution in [-0.2, 0) is 10.0 Å². The number of benzene rings is 1. The van der Waals surface area contributed by atoms with Gasteiger partial charge in [-0.3, -0.25) is 0 Å². The smallest absolute Gasteiger partial charge is 0.335 e. The van der Waals surface area contributed by atoms with Gasteiger partial charge in [-0.15, -0.1) is 0 Å². The number of aromatic carboxylic acids is 1. The Morgan fingerprint density at radius 1 is 1.50 bits per heavy atom. The summed E-state index contributed by atoms with van der Waals surface area (Å²) in [5, 5.41) is 8.99. The minimum absolute atomic E-state index is 0.199. The minimum Gasteiger partial charge on any atom is -0.478 e. The monoisotopic (exact) mass is 321 g/mol. The number of rotatable bonds is 7. The van der Waals surface area contributed by atoms with Crippen LogP contribution in [0.3, 0.4) is 0 Å². The Hall–Kier alpha value is -1.12. The fourth-order valence-electron chi connectivity index (χ4n) is 1.44. The zero-order valence-electron chi connectivity index (χ0n) is 11.1. The Kier molecular flexibility index (Phi) is 5.97. The summed E-state index contributed by atoms with van der Waals surface area (Å²) in [7, 11) is -3.96. The van der Waals surface area contributed by atoms with Gasteiger partial charge in [0.1, 0.15) is 10.7 Å². The van der Waals surface area contributed by atoms with Crippen molar-refractivity contribution in [1.82, 2.24) is 4.72 Å². The molecule has 0 heterocycles. The fourth-order valence-corrected chi connectivity index (χ4v) is 2.90. The molecule has 0 saturated heterocycles. The van der Waals surface area contributed by atoms with Gasteiger partial charge < -0.3 is 5.11 Å². The molecule has 0 aliphatic heterocycles. The summed E-state index contributed by atoms with van der Waals surface area (Å²) in [5.41, 5.74) is -0.294. The molecule has 1 aromatic rings. The van der Waals surface area contributed by atoms with Crippen molar-refractivity contribution in [2.24, 2.45) is 0 Å². The van der Waals surface area contributed by atoms with Gasteiger partial charge in [0.2, 0.25) is 10.0 Å². The van der Waals surface area contributed by atoms with Crippen LogP contribution in [-0.4, -0.2) is 37.5 Å². The van der Waals surface area contributed by atoms with Crippen molar-refractivity contribution in [3.05, 3.63) is 29.6 Å². The van der Waals surface area contributed by atoms with Gasteiger partial charge in [-0.05, 0) is 30.9 Å². The van der Waals surface area contributed by atoms with Crippen LogP contribution in [0.25, 0.3) is 0 Å². The maximum absolute atomic E-state index is 13.7. The van der Waals surface area contributed by atoms with E-state index in [1.165, 1.54) is 0 Å². The van der Waals surface area contributed by atoms with Crippen LogP contribution >= 0.6 is 11.8 Å². The van der Waals surface area contributed by atoms with Crippen LogP contribution in [0.1, 0.15) is 23.7 Å².